The number of rotatable bonds is 3. The van der Waals surface area contributed by atoms with E-state index in [0.29, 0.717) is 26.5 Å². The number of thiocarbonyl (C=S) groups is 1. The molecule has 2 aromatic rings. The van der Waals surface area contributed by atoms with Gasteiger partial charge in [-0.25, -0.2) is 0 Å². The van der Waals surface area contributed by atoms with Gasteiger partial charge in [0.1, 0.15) is 10.7 Å². The summed E-state index contributed by atoms with van der Waals surface area (Å²) in [5.74, 6) is 0.350. The largest absolute Gasteiger partial charge is 0.469 e. The summed E-state index contributed by atoms with van der Waals surface area (Å²) in [6.07, 6.45) is 1.48. The minimum Gasteiger partial charge on any atom is -0.469 e. The van der Waals surface area contributed by atoms with Gasteiger partial charge in [-0.15, -0.1) is 0 Å². The van der Waals surface area contributed by atoms with E-state index in [4.69, 9.17) is 22.4 Å². The van der Waals surface area contributed by atoms with E-state index in [1.165, 1.54) is 6.26 Å². The average molecular weight is 339 g/mol. The quantitative estimate of drug-likeness (QED) is 0.843. The third-order valence-electron chi connectivity index (χ3n) is 2.61. The number of nitrogens with one attached hydrogen (secondary N) is 1. The third-order valence-corrected chi connectivity index (χ3v) is 3.50. The summed E-state index contributed by atoms with van der Waals surface area (Å²) in [6, 6.07) is 6.89. The van der Waals surface area contributed by atoms with Crippen molar-refractivity contribution in [1.29, 1.82) is 0 Å². The van der Waals surface area contributed by atoms with Crippen LogP contribution in [0, 0.1) is 6.92 Å². The zero-order valence-electron chi connectivity index (χ0n) is 10.1. The van der Waals surface area contributed by atoms with Crippen LogP contribution in [0.2, 0.25) is 0 Å². The molecule has 98 valence electrons. The molecule has 0 aliphatic heterocycles. The lowest BCUT2D eigenvalue weighted by Gasteiger charge is -2.08. The van der Waals surface area contributed by atoms with Gasteiger partial charge >= 0.3 is 0 Å². The molecule has 1 aromatic heterocycles. The Hall–Kier alpha value is -1.66. The van der Waals surface area contributed by atoms with Crippen molar-refractivity contribution in [3.63, 3.8) is 0 Å². The number of benzene rings is 1. The van der Waals surface area contributed by atoms with Gasteiger partial charge in [-0.2, -0.15) is 0 Å². The Morgan fingerprint density at radius 1 is 1.42 bits per heavy atom. The van der Waals surface area contributed by atoms with Crippen LogP contribution in [0.1, 0.15) is 21.7 Å². The van der Waals surface area contributed by atoms with E-state index >= 15 is 0 Å². The van der Waals surface area contributed by atoms with Crippen LogP contribution in [-0.4, -0.2) is 10.9 Å². The molecule has 0 fully saturated rings. The molecule has 1 aromatic carbocycles. The van der Waals surface area contributed by atoms with Crippen LogP contribution in [0.25, 0.3) is 0 Å². The Kier molecular flexibility index (Phi) is 4.01. The molecule has 0 saturated carbocycles. The highest BCUT2D eigenvalue weighted by atomic mass is 79.9. The van der Waals surface area contributed by atoms with Crippen LogP contribution in [0.3, 0.4) is 0 Å². The highest BCUT2D eigenvalue weighted by Gasteiger charge is 2.13. The van der Waals surface area contributed by atoms with Crippen LogP contribution >= 0.6 is 28.1 Å². The van der Waals surface area contributed by atoms with Gasteiger partial charge in [0.15, 0.2) is 0 Å². The molecule has 6 heteroatoms. The van der Waals surface area contributed by atoms with Crippen molar-refractivity contribution in [3.05, 3.63) is 51.9 Å². The molecule has 0 radical (unpaired) electrons. The van der Waals surface area contributed by atoms with Crippen LogP contribution in [0.5, 0.6) is 0 Å². The summed E-state index contributed by atoms with van der Waals surface area (Å²) in [5, 5.41) is 2.79. The van der Waals surface area contributed by atoms with Crippen molar-refractivity contribution in [1.82, 2.24) is 0 Å². The lowest BCUT2D eigenvalue weighted by molar-refractivity contribution is 0.102. The molecule has 1 heterocycles. The van der Waals surface area contributed by atoms with Gasteiger partial charge < -0.3 is 15.5 Å². The number of carbonyl (C=O) groups is 1. The highest BCUT2D eigenvalue weighted by Crippen LogP contribution is 2.24. The molecule has 0 spiro atoms. The van der Waals surface area contributed by atoms with E-state index in [-0.39, 0.29) is 5.91 Å². The Labute approximate surface area is 124 Å². The second-order valence-electron chi connectivity index (χ2n) is 3.90. The molecular formula is C13H11BrN2O2S. The first-order chi connectivity index (χ1) is 8.99. The molecule has 0 aliphatic rings. The maximum atomic E-state index is 12.0. The minimum atomic E-state index is -0.227. The van der Waals surface area contributed by atoms with Crippen LogP contribution in [-0.2, 0) is 0 Å². The molecule has 19 heavy (non-hydrogen) atoms. The van der Waals surface area contributed by atoms with Gasteiger partial charge in [-0.05, 0) is 47.1 Å². The van der Waals surface area contributed by atoms with Gasteiger partial charge in [0.2, 0.25) is 0 Å². The second-order valence-corrected chi connectivity index (χ2v) is 5.20. The van der Waals surface area contributed by atoms with E-state index in [1.807, 2.05) is 0 Å². The first-order valence-corrected chi connectivity index (χ1v) is 6.64. The van der Waals surface area contributed by atoms with E-state index in [2.05, 4.69) is 21.2 Å². The Balaban J connectivity index is 2.23. The SMILES string of the molecule is Cc1occc1C(=O)Nc1ccc(C(N)=S)cc1Br. The van der Waals surface area contributed by atoms with Crippen molar-refractivity contribution < 1.29 is 9.21 Å². The summed E-state index contributed by atoms with van der Waals surface area (Å²) >= 11 is 8.26. The van der Waals surface area contributed by atoms with Crippen LogP contribution in [0.15, 0.2) is 39.4 Å². The van der Waals surface area contributed by atoms with Crippen LogP contribution in [0.4, 0.5) is 5.69 Å². The highest BCUT2D eigenvalue weighted by molar-refractivity contribution is 9.10. The molecule has 0 saturated heterocycles. The fourth-order valence-electron chi connectivity index (χ4n) is 1.58. The molecule has 0 atom stereocenters. The van der Waals surface area contributed by atoms with E-state index in [1.54, 1.807) is 31.2 Å². The summed E-state index contributed by atoms with van der Waals surface area (Å²) < 4.78 is 5.81. The molecule has 0 bridgehead atoms. The Morgan fingerprint density at radius 2 is 2.16 bits per heavy atom. The fraction of sp³-hybridized carbons (Fsp3) is 0.0769. The smallest absolute Gasteiger partial charge is 0.259 e. The zero-order chi connectivity index (χ0) is 14.0. The van der Waals surface area contributed by atoms with Crippen molar-refractivity contribution in [2.24, 2.45) is 5.73 Å². The number of halogens is 1. The van der Waals surface area contributed by atoms with Gasteiger partial charge in [-0.1, -0.05) is 12.2 Å². The number of carbonyl (C=O) groups excluding carboxylic acids is 1. The number of anilines is 1. The first-order valence-electron chi connectivity index (χ1n) is 5.44. The van der Waals surface area contributed by atoms with Crippen molar-refractivity contribution in [2.45, 2.75) is 6.92 Å². The number of furan rings is 1. The topological polar surface area (TPSA) is 68.3 Å². The van der Waals surface area contributed by atoms with E-state index < -0.39 is 0 Å². The number of aryl methyl sites for hydroxylation is 1. The summed E-state index contributed by atoms with van der Waals surface area (Å²) in [4.78, 5) is 12.3. The lowest BCUT2D eigenvalue weighted by atomic mass is 10.2. The van der Waals surface area contributed by atoms with E-state index in [9.17, 15) is 4.79 Å². The van der Waals surface area contributed by atoms with Crippen LogP contribution < -0.4 is 11.1 Å². The fourth-order valence-corrected chi connectivity index (χ4v) is 2.18. The summed E-state index contributed by atoms with van der Waals surface area (Å²) in [6.45, 7) is 1.74. The molecule has 1 amide bonds. The maximum absolute atomic E-state index is 12.0. The standard InChI is InChI=1S/C13H11BrN2O2S/c1-7-9(4-5-18-7)13(17)16-11-3-2-8(12(15)19)6-10(11)14/h2-6H,1H3,(H2,15,19)(H,16,17). The first kappa shape index (κ1) is 13.8. The molecular weight excluding hydrogens is 328 g/mol. The van der Waals surface area contributed by atoms with Gasteiger partial charge in [-0.3, -0.25) is 4.79 Å². The molecule has 0 aliphatic carbocycles. The second kappa shape index (κ2) is 5.54. The average Bonchev–Trinajstić information content (AvgIpc) is 2.77. The third kappa shape index (κ3) is 3.02. The molecule has 4 nitrogen and oxygen atoms in total. The Morgan fingerprint density at radius 3 is 2.68 bits per heavy atom. The Bertz CT molecular complexity index is 652. The number of hydrogen-bond acceptors (Lipinski definition) is 3. The molecule has 0 unspecified atom stereocenters. The van der Waals surface area contributed by atoms with Crippen molar-refractivity contribution in [3.8, 4) is 0 Å². The zero-order valence-corrected chi connectivity index (χ0v) is 12.5. The summed E-state index contributed by atoms with van der Waals surface area (Å²) in [5.41, 5.74) is 7.43. The van der Waals surface area contributed by atoms with Gasteiger partial charge in [0.25, 0.3) is 5.91 Å². The van der Waals surface area contributed by atoms with Crippen molar-refractivity contribution >= 4 is 44.7 Å². The predicted molar refractivity (Wildman–Crippen MR) is 81.4 cm³/mol. The van der Waals surface area contributed by atoms with Gasteiger partial charge in [0.05, 0.1) is 17.5 Å². The minimum absolute atomic E-state index is 0.227. The van der Waals surface area contributed by atoms with Crippen molar-refractivity contribution in [2.75, 3.05) is 5.32 Å². The predicted octanol–water partition coefficient (Wildman–Crippen LogP) is 3.24. The van der Waals surface area contributed by atoms with Gasteiger partial charge in [0, 0.05) is 10.0 Å². The lowest BCUT2D eigenvalue weighted by Crippen LogP contribution is -2.13. The molecule has 2 rings (SSSR count). The van der Waals surface area contributed by atoms with E-state index in [0.717, 1.165) is 5.56 Å². The monoisotopic (exact) mass is 338 g/mol. The molecule has 3 N–H and O–H groups in total. The number of hydrogen-bond donors (Lipinski definition) is 2. The number of nitrogens with two attached hydrogens (primary N) is 1. The summed E-state index contributed by atoms with van der Waals surface area (Å²) in [7, 11) is 0. The normalized spacial score (nSPS) is 10.2. The maximum Gasteiger partial charge on any atom is 0.259 e. The number of amides is 1.